The predicted octanol–water partition coefficient (Wildman–Crippen LogP) is -0.505. The first-order valence-electron chi connectivity index (χ1n) is 8.38. The van der Waals surface area contributed by atoms with Gasteiger partial charge in [0.2, 0.25) is 0 Å². The minimum absolute atomic E-state index is 0.140. The van der Waals surface area contributed by atoms with Gasteiger partial charge in [-0.3, -0.25) is 0 Å². The van der Waals surface area contributed by atoms with E-state index in [4.69, 9.17) is 24.7 Å². The van der Waals surface area contributed by atoms with Crippen LogP contribution in [0.5, 0.6) is 0 Å². The minimum atomic E-state index is -0.969. The van der Waals surface area contributed by atoms with E-state index in [-0.39, 0.29) is 21.6 Å². The molecule has 2 N–H and O–H groups in total. The van der Waals surface area contributed by atoms with Crippen molar-refractivity contribution in [2.24, 2.45) is 5.73 Å². The number of rotatable bonds is 6. The van der Waals surface area contributed by atoms with E-state index in [0.29, 0.717) is 0 Å². The number of carbonyl (C=O) groups is 3. The Hall–Kier alpha value is -1.93. The molecule has 0 radical (unpaired) electrons. The zero-order valence-corrected chi connectivity index (χ0v) is 17.0. The molecule has 1 heterocycles. The summed E-state index contributed by atoms with van der Waals surface area (Å²) in [4.78, 5) is 34.4. The van der Waals surface area contributed by atoms with Crippen LogP contribution >= 0.6 is 0 Å². The molecule has 0 aliphatic carbocycles. The van der Waals surface area contributed by atoms with Gasteiger partial charge in [0, 0.05) is 0 Å². The molecule has 1 fully saturated rings. The van der Waals surface area contributed by atoms with Crippen molar-refractivity contribution < 1.29 is 33.3 Å². The Morgan fingerprint density at radius 2 is 1.59 bits per heavy atom. The Labute approximate surface area is 163 Å². The molecule has 0 bridgehead atoms. The monoisotopic (exact) mass is 445 g/mol. The van der Waals surface area contributed by atoms with Crippen LogP contribution in [-0.4, -0.2) is 68.8 Å². The van der Waals surface area contributed by atoms with Crippen LogP contribution in [0, 0.1) is 0 Å². The van der Waals surface area contributed by atoms with Crippen molar-refractivity contribution in [2.45, 2.75) is 50.1 Å². The van der Waals surface area contributed by atoms with Crippen molar-refractivity contribution in [3.8, 4) is 0 Å². The van der Waals surface area contributed by atoms with E-state index in [1.165, 1.54) is 20.8 Å². The average molecular weight is 444 g/mol. The third-order valence-electron chi connectivity index (χ3n) is 3.74. The Morgan fingerprint density at radius 1 is 1.00 bits per heavy atom. The van der Waals surface area contributed by atoms with Crippen LogP contribution in [0.4, 0.5) is 0 Å². The third-order valence-corrected chi connectivity index (χ3v) is 6.27. The second-order valence-corrected chi connectivity index (χ2v) is 8.46. The summed E-state index contributed by atoms with van der Waals surface area (Å²) in [6.07, 6.45) is -2.67. The first kappa shape index (κ1) is 21.4. The van der Waals surface area contributed by atoms with Crippen molar-refractivity contribution >= 4 is 37.3 Å². The first-order chi connectivity index (χ1) is 12.8. The van der Waals surface area contributed by atoms with E-state index in [9.17, 15) is 14.4 Å². The average Bonchev–Trinajstić information content (AvgIpc) is 2.59. The van der Waals surface area contributed by atoms with Crippen LogP contribution in [0.25, 0.3) is 0 Å². The van der Waals surface area contributed by atoms with Gasteiger partial charge in [-0.15, -0.1) is 0 Å². The van der Waals surface area contributed by atoms with Crippen molar-refractivity contribution in [1.29, 1.82) is 0 Å². The zero-order valence-electron chi connectivity index (χ0n) is 15.3. The molecule has 1 aromatic rings. The van der Waals surface area contributed by atoms with Gasteiger partial charge in [0.25, 0.3) is 0 Å². The normalized spacial score (nSPS) is 27.5. The molecule has 0 amide bonds. The van der Waals surface area contributed by atoms with E-state index in [0.717, 1.165) is 4.46 Å². The molecule has 9 heteroatoms. The SMILES string of the molecule is CC(=O)OC[C@H]1O[C@H]([Se]c2ccccc2)[C@H](N)[C@@H](OC(C)=O)[C@@H]1OC(C)=O. The standard InChI is InChI=1S/C18H23NO7Se/c1-10(20)23-9-14-16(24-11(2)21)17(25-12(3)22)15(19)18(26-14)27-13-7-5-4-6-8-13/h4-8,14-18H,9,19H2,1-3H3/t14-,15-,16-,17-,18-/m1/s1. The quantitative estimate of drug-likeness (QED) is 0.355. The topological polar surface area (TPSA) is 114 Å². The maximum absolute atomic E-state index is 11.6. The molecule has 2 rings (SSSR count). The van der Waals surface area contributed by atoms with Gasteiger partial charge in [-0.1, -0.05) is 0 Å². The van der Waals surface area contributed by atoms with E-state index in [1.54, 1.807) is 0 Å². The summed E-state index contributed by atoms with van der Waals surface area (Å²) < 4.78 is 22.8. The van der Waals surface area contributed by atoms with E-state index in [2.05, 4.69) is 0 Å². The molecule has 0 spiro atoms. The molecule has 0 unspecified atom stereocenters. The fraction of sp³-hybridized carbons (Fsp3) is 0.500. The van der Waals surface area contributed by atoms with E-state index < -0.39 is 47.3 Å². The second-order valence-electron chi connectivity index (χ2n) is 6.00. The van der Waals surface area contributed by atoms with Crippen LogP contribution < -0.4 is 10.2 Å². The number of esters is 3. The van der Waals surface area contributed by atoms with Crippen molar-refractivity contribution in [2.75, 3.05) is 6.61 Å². The fourth-order valence-electron chi connectivity index (χ4n) is 2.67. The number of benzene rings is 1. The van der Waals surface area contributed by atoms with E-state index >= 15 is 0 Å². The van der Waals surface area contributed by atoms with Crippen molar-refractivity contribution in [3.63, 3.8) is 0 Å². The molecule has 8 nitrogen and oxygen atoms in total. The third kappa shape index (κ3) is 6.32. The molecule has 27 heavy (non-hydrogen) atoms. The Bertz CT molecular complexity index is 669. The van der Waals surface area contributed by atoms with E-state index in [1.807, 2.05) is 30.3 Å². The van der Waals surface area contributed by atoms with Gasteiger partial charge in [0.1, 0.15) is 0 Å². The maximum atomic E-state index is 11.6. The number of carbonyl (C=O) groups excluding carboxylic acids is 3. The van der Waals surface area contributed by atoms with Gasteiger partial charge in [-0.05, 0) is 0 Å². The first-order valence-corrected chi connectivity index (χ1v) is 10.2. The molecule has 148 valence electrons. The molecule has 0 saturated carbocycles. The number of nitrogens with two attached hydrogens (primary N) is 1. The molecule has 1 saturated heterocycles. The Balaban J connectivity index is 2.27. The van der Waals surface area contributed by atoms with Gasteiger partial charge in [0.15, 0.2) is 0 Å². The van der Waals surface area contributed by atoms with Gasteiger partial charge >= 0.3 is 163 Å². The second kappa shape index (κ2) is 9.85. The Morgan fingerprint density at radius 3 is 2.15 bits per heavy atom. The number of ether oxygens (including phenoxy) is 4. The van der Waals surface area contributed by atoms with Crippen LogP contribution in [0.2, 0.25) is 0 Å². The number of hydrogen-bond donors (Lipinski definition) is 1. The summed E-state index contributed by atoms with van der Waals surface area (Å²) >= 11 is -0.200. The van der Waals surface area contributed by atoms with Crippen LogP contribution in [-0.2, 0) is 33.3 Å². The summed E-state index contributed by atoms with van der Waals surface area (Å²) in [5.74, 6) is -1.62. The summed E-state index contributed by atoms with van der Waals surface area (Å²) in [7, 11) is 0. The predicted molar refractivity (Wildman–Crippen MR) is 96.2 cm³/mol. The van der Waals surface area contributed by atoms with Crippen LogP contribution in [0.15, 0.2) is 30.3 Å². The summed E-state index contributed by atoms with van der Waals surface area (Å²) in [6.45, 7) is 3.62. The molecule has 0 aromatic heterocycles. The Kier molecular flexibility index (Phi) is 7.79. The molecular formula is C18H23NO7Se. The molecular weight excluding hydrogens is 421 g/mol. The molecule has 1 aliphatic rings. The van der Waals surface area contributed by atoms with Crippen LogP contribution in [0.3, 0.4) is 0 Å². The summed E-state index contributed by atoms with van der Waals surface area (Å²) in [5, 5.41) is -0.461. The summed E-state index contributed by atoms with van der Waals surface area (Å²) in [6, 6.07) is 8.93. The molecule has 1 aromatic carbocycles. The molecule has 5 atom stereocenters. The number of hydrogen-bond acceptors (Lipinski definition) is 8. The van der Waals surface area contributed by atoms with Gasteiger partial charge in [0.05, 0.1) is 0 Å². The zero-order chi connectivity index (χ0) is 20.0. The van der Waals surface area contributed by atoms with Gasteiger partial charge in [-0.25, -0.2) is 0 Å². The summed E-state index contributed by atoms with van der Waals surface area (Å²) in [5.41, 5.74) is 6.32. The van der Waals surface area contributed by atoms with Crippen molar-refractivity contribution in [1.82, 2.24) is 0 Å². The van der Waals surface area contributed by atoms with Crippen LogP contribution in [0.1, 0.15) is 20.8 Å². The molecule has 1 aliphatic heterocycles. The fourth-order valence-corrected chi connectivity index (χ4v) is 4.96. The van der Waals surface area contributed by atoms with Crippen molar-refractivity contribution in [3.05, 3.63) is 30.3 Å². The van der Waals surface area contributed by atoms with Gasteiger partial charge < -0.3 is 0 Å². The van der Waals surface area contributed by atoms with Gasteiger partial charge in [-0.2, -0.15) is 0 Å².